The molecule has 13 heavy (non-hydrogen) atoms. The van der Waals surface area contributed by atoms with Crippen molar-refractivity contribution in [2.45, 2.75) is 6.42 Å². The fraction of sp³-hybridized carbons (Fsp3) is 0.167. The van der Waals surface area contributed by atoms with Crippen molar-refractivity contribution in [1.29, 1.82) is 0 Å². The van der Waals surface area contributed by atoms with Gasteiger partial charge in [-0.15, -0.1) is 0 Å². The van der Waals surface area contributed by atoms with E-state index in [0.717, 1.165) is 0 Å². The first kappa shape index (κ1) is 11.9. The third-order valence-corrected chi connectivity index (χ3v) is 1.78. The fourth-order valence-electron chi connectivity index (χ4n) is 0.431. The number of halogens is 2. The van der Waals surface area contributed by atoms with Gasteiger partial charge in [0, 0.05) is 0 Å². The minimum Gasteiger partial charge on any atom is -0.481 e. The Labute approximate surface area is 82.6 Å². The first-order chi connectivity index (χ1) is 5.86. The van der Waals surface area contributed by atoms with Gasteiger partial charge in [0.15, 0.2) is 5.78 Å². The zero-order chi connectivity index (χ0) is 10.6. The number of carboxylic acid groups (broad SMARTS) is 2. The van der Waals surface area contributed by atoms with Crippen molar-refractivity contribution in [2.75, 3.05) is 0 Å². The molecule has 5 nitrogen and oxygen atoms in total. The second-order valence-corrected chi connectivity index (χ2v) is 2.68. The Kier molecular flexibility index (Phi) is 4.44. The maximum absolute atomic E-state index is 10.8. The van der Waals surface area contributed by atoms with Gasteiger partial charge in [-0.2, -0.15) is 0 Å². The van der Waals surface area contributed by atoms with Crippen LogP contribution in [0.25, 0.3) is 0 Å². The highest BCUT2D eigenvalue weighted by Gasteiger charge is 2.18. The van der Waals surface area contributed by atoms with E-state index in [-0.39, 0.29) is 0 Å². The molecule has 0 rings (SSSR count). The summed E-state index contributed by atoms with van der Waals surface area (Å²) in [6.45, 7) is 0. The Morgan fingerprint density at radius 1 is 1.00 bits per heavy atom. The molecular weight excluding hydrogens is 223 g/mol. The lowest BCUT2D eigenvalue weighted by atomic mass is 10.2. The SMILES string of the molecule is O=C(O)CC(=O)/C(Cl)=C(/Cl)C(=O)O. The average molecular weight is 227 g/mol. The smallest absolute Gasteiger partial charge is 0.348 e. The predicted octanol–water partition coefficient (Wildman–Crippen LogP) is 0.804. The molecule has 0 heterocycles. The van der Waals surface area contributed by atoms with E-state index in [2.05, 4.69) is 0 Å². The van der Waals surface area contributed by atoms with Crippen LogP contribution in [0.4, 0.5) is 0 Å². The molecular formula is C6H4Cl2O5. The van der Waals surface area contributed by atoms with Crippen molar-refractivity contribution in [3.05, 3.63) is 10.1 Å². The minimum absolute atomic E-state index is 0.781. The van der Waals surface area contributed by atoms with Gasteiger partial charge < -0.3 is 10.2 Å². The third kappa shape index (κ3) is 3.91. The molecule has 0 aliphatic heterocycles. The number of carbonyl (C=O) groups excluding carboxylic acids is 1. The van der Waals surface area contributed by atoms with Crippen LogP contribution in [0.2, 0.25) is 0 Å². The topological polar surface area (TPSA) is 91.7 Å². The summed E-state index contributed by atoms with van der Waals surface area (Å²) in [6, 6.07) is 0. The quantitative estimate of drug-likeness (QED) is 0.547. The monoisotopic (exact) mass is 226 g/mol. The molecule has 0 aliphatic rings. The maximum atomic E-state index is 10.8. The van der Waals surface area contributed by atoms with Crippen molar-refractivity contribution in [3.63, 3.8) is 0 Å². The van der Waals surface area contributed by atoms with E-state index in [1.807, 2.05) is 0 Å². The molecule has 0 atom stereocenters. The summed E-state index contributed by atoms with van der Waals surface area (Å²) in [5.41, 5.74) is 0. The van der Waals surface area contributed by atoms with Gasteiger partial charge in [-0.25, -0.2) is 4.79 Å². The molecule has 0 radical (unpaired) electrons. The second kappa shape index (κ2) is 4.84. The van der Waals surface area contributed by atoms with Gasteiger partial charge in [-0.1, -0.05) is 23.2 Å². The standard InChI is InChI=1S/C6H4Cl2O5/c7-4(5(8)6(12)13)2(9)1-3(10)11/h1H2,(H,10,11)(H,12,13)/b5-4-. The van der Waals surface area contributed by atoms with Gasteiger partial charge >= 0.3 is 11.9 Å². The molecule has 0 bridgehead atoms. The number of ketones is 1. The normalized spacial score (nSPS) is 11.8. The predicted molar refractivity (Wildman–Crippen MR) is 43.6 cm³/mol. The summed E-state index contributed by atoms with van der Waals surface area (Å²) in [5.74, 6) is -4.02. The molecule has 0 aliphatic carbocycles. The van der Waals surface area contributed by atoms with Crippen LogP contribution in [0.5, 0.6) is 0 Å². The molecule has 7 heteroatoms. The van der Waals surface area contributed by atoms with Gasteiger partial charge in [0.05, 0.1) is 0 Å². The highest BCUT2D eigenvalue weighted by atomic mass is 35.5. The van der Waals surface area contributed by atoms with Gasteiger partial charge in [0.2, 0.25) is 0 Å². The molecule has 0 amide bonds. The van der Waals surface area contributed by atoms with E-state index in [4.69, 9.17) is 33.4 Å². The Morgan fingerprint density at radius 2 is 1.46 bits per heavy atom. The van der Waals surface area contributed by atoms with Gasteiger partial charge in [0.1, 0.15) is 16.5 Å². The van der Waals surface area contributed by atoms with Crippen LogP contribution >= 0.6 is 23.2 Å². The Morgan fingerprint density at radius 3 is 1.77 bits per heavy atom. The molecule has 0 aromatic heterocycles. The first-order valence-corrected chi connectivity index (χ1v) is 3.65. The largest absolute Gasteiger partial charge is 0.481 e. The Bertz CT molecular complexity index is 293. The van der Waals surface area contributed by atoms with Crippen molar-refractivity contribution in [2.24, 2.45) is 0 Å². The number of rotatable bonds is 4. The number of carbonyl (C=O) groups is 3. The summed E-state index contributed by atoms with van der Waals surface area (Å²) >= 11 is 10.3. The van der Waals surface area contributed by atoms with E-state index in [9.17, 15) is 14.4 Å². The zero-order valence-corrected chi connectivity index (χ0v) is 7.59. The molecule has 0 fully saturated rings. The summed E-state index contributed by atoms with van der Waals surface area (Å²) in [4.78, 5) is 31.0. The molecule has 0 saturated heterocycles. The summed E-state index contributed by atoms with van der Waals surface area (Å²) in [7, 11) is 0. The minimum atomic E-state index is -1.58. The zero-order valence-electron chi connectivity index (χ0n) is 6.08. The van der Waals surface area contributed by atoms with Gasteiger partial charge in [-0.3, -0.25) is 9.59 Å². The molecule has 0 saturated carbocycles. The van der Waals surface area contributed by atoms with Gasteiger partial charge in [-0.05, 0) is 0 Å². The van der Waals surface area contributed by atoms with Crippen LogP contribution in [0, 0.1) is 0 Å². The number of allylic oxidation sites excluding steroid dienone is 1. The number of hydrogen-bond acceptors (Lipinski definition) is 3. The van der Waals surface area contributed by atoms with Crippen molar-refractivity contribution in [1.82, 2.24) is 0 Å². The van der Waals surface area contributed by atoms with E-state index in [1.165, 1.54) is 0 Å². The molecule has 72 valence electrons. The van der Waals surface area contributed by atoms with Crippen LogP contribution < -0.4 is 0 Å². The summed E-state index contributed by atoms with van der Waals surface area (Å²) < 4.78 is 0. The summed E-state index contributed by atoms with van der Waals surface area (Å²) in [6.07, 6.45) is -0.887. The lowest BCUT2D eigenvalue weighted by Gasteiger charge is -1.96. The lowest BCUT2D eigenvalue weighted by molar-refractivity contribution is -0.139. The number of carboxylic acids is 2. The lowest BCUT2D eigenvalue weighted by Crippen LogP contribution is -2.09. The average Bonchev–Trinajstić information content (AvgIpc) is 2.00. The molecule has 0 unspecified atom stereocenters. The second-order valence-electron chi connectivity index (χ2n) is 1.93. The summed E-state index contributed by atoms with van der Waals surface area (Å²) in [5, 5.41) is 14.8. The van der Waals surface area contributed by atoms with Crippen LogP contribution in [0.1, 0.15) is 6.42 Å². The Balaban J connectivity index is 4.68. The third-order valence-electron chi connectivity index (χ3n) is 0.937. The number of hydrogen-bond donors (Lipinski definition) is 2. The van der Waals surface area contributed by atoms with Crippen molar-refractivity contribution < 1.29 is 24.6 Å². The molecule has 0 spiro atoms. The van der Waals surface area contributed by atoms with Crippen molar-refractivity contribution in [3.8, 4) is 0 Å². The van der Waals surface area contributed by atoms with Crippen LogP contribution in [0.3, 0.4) is 0 Å². The highest BCUT2D eigenvalue weighted by Crippen LogP contribution is 2.16. The number of Topliss-reactive ketones (excluding diaryl/α,β-unsaturated/α-hetero) is 1. The Hall–Kier alpha value is -1.07. The molecule has 0 aromatic carbocycles. The number of aliphatic carboxylic acids is 2. The van der Waals surface area contributed by atoms with E-state index < -0.39 is 34.2 Å². The molecule has 0 aromatic rings. The van der Waals surface area contributed by atoms with E-state index in [1.54, 1.807) is 0 Å². The van der Waals surface area contributed by atoms with Crippen molar-refractivity contribution >= 4 is 40.9 Å². The van der Waals surface area contributed by atoms with Crippen LogP contribution in [-0.4, -0.2) is 27.9 Å². The van der Waals surface area contributed by atoms with Crippen LogP contribution in [0.15, 0.2) is 10.1 Å². The fourth-order valence-corrected chi connectivity index (χ4v) is 0.684. The van der Waals surface area contributed by atoms with E-state index in [0.29, 0.717) is 0 Å². The maximum Gasteiger partial charge on any atom is 0.348 e. The highest BCUT2D eigenvalue weighted by molar-refractivity contribution is 6.53. The van der Waals surface area contributed by atoms with E-state index >= 15 is 0 Å². The first-order valence-electron chi connectivity index (χ1n) is 2.89. The van der Waals surface area contributed by atoms with Gasteiger partial charge in [0.25, 0.3) is 0 Å². The molecule has 2 N–H and O–H groups in total. The van der Waals surface area contributed by atoms with Crippen LogP contribution in [-0.2, 0) is 14.4 Å².